The number of hydrogen-bond acceptors (Lipinski definition) is 2. The van der Waals surface area contributed by atoms with Crippen molar-refractivity contribution in [3.8, 4) is 5.75 Å². The van der Waals surface area contributed by atoms with E-state index in [-0.39, 0.29) is 0 Å². The van der Waals surface area contributed by atoms with Gasteiger partial charge >= 0.3 is 0 Å². The summed E-state index contributed by atoms with van der Waals surface area (Å²) in [5, 5.41) is 0. The third kappa shape index (κ3) is 5.87. The molecule has 0 fully saturated rings. The van der Waals surface area contributed by atoms with Crippen LogP contribution in [0.1, 0.15) is 31.7 Å². The summed E-state index contributed by atoms with van der Waals surface area (Å²) < 4.78 is 6.91. The van der Waals surface area contributed by atoms with E-state index in [4.69, 9.17) is 4.74 Å². The summed E-state index contributed by atoms with van der Waals surface area (Å²) >= 11 is 2.29. The second-order valence-corrected chi connectivity index (χ2v) is 6.10. The summed E-state index contributed by atoms with van der Waals surface area (Å²) in [5.74, 6) is 0.928. The first-order valence-electron chi connectivity index (χ1n) is 7.30. The largest absolute Gasteiger partial charge is 0.494 e. The number of ether oxygens (including phenoxy) is 1. The molecule has 2 aromatic carbocycles. The van der Waals surface area contributed by atoms with Crippen molar-refractivity contribution in [1.29, 1.82) is 0 Å². The maximum Gasteiger partial charge on any atom is 0.119 e. The molecule has 110 valence electrons. The van der Waals surface area contributed by atoms with Gasteiger partial charge in [0.2, 0.25) is 0 Å². The van der Waals surface area contributed by atoms with Crippen LogP contribution in [0.25, 0.3) is 0 Å². The summed E-state index contributed by atoms with van der Waals surface area (Å²) in [5.41, 5.74) is 2.05. The lowest BCUT2D eigenvalue weighted by Gasteiger charge is -2.05. The third-order valence-corrected chi connectivity index (χ3v) is 3.81. The van der Waals surface area contributed by atoms with Crippen molar-refractivity contribution in [2.75, 3.05) is 6.61 Å². The van der Waals surface area contributed by atoms with E-state index in [9.17, 15) is 0 Å². The van der Waals surface area contributed by atoms with Gasteiger partial charge in [-0.05, 0) is 83.1 Å². The molecule has 0 heterocycles. The van der Waals surface area contributed by atoms with Crippen molar-refractivity contribution in [3.05, 3.63) is 57.7 Å². The van der Waals surface area contributed by atoms with E-state index in [1.165, 1.54) is 16.4 Å². The molecule has 2 aromatic rings. The Hall–Kier alpha value is -1.36. The number of hydrogen-bond donors (Lipinski definition) is 0. The maximum absolute atomic E-state index is 5.69. The minimum atomic E-state index is 0.796. The van der Waals surface area contributed by atoms with Crippen LogP contribution >= 0.6 is 22.6 Å². The zero-order chi connectivity index (χ0) is 14.9. The first-order valence-corrected chi connectivity index (χ1v) is 8.38. The second-order valence-electron chi connectivity index (χ2n) is 4.86. The average molecular weight is 393 g/mol. The molecule has 0 bridgehead atoms. The molecular weight excluding hydrogens is 373 g/mol. The number of benzene rings is 2. The Balaban J connectivity index is 1.88. The fourth-order valence-electron chi connectivity index (χ4n) is 1.87. The quantitative estimate of drug-likeness (QED) is 0.340. The lowest BCUT2D eigenvalue weighted by molar-refractivity contribution is 0.306. The van der Waals surface area contributed by atoms with Gasteiger partial charge in [0, 0.05) is 9.78 Å². The standard InChI is InChI=1S/C18H20INO/c1-2-3-4-13-21-18-11-5-15(6-12-18)14-20-17-9-7-16(19)8-10-17/h5-12,14H,2-4,13H2,1H3. The van der Waals surface area contributed by atoms with Gasteiger partial charge in [0.1, 0.15) is 5.75 Å². The minimum Gasteiger partial charge on any atom is -0.494 e. The summed E-state index contributed by atoms with van der Waals surface area (Å²) in [6, 6.07) is 16.2. The molecular formula is C18H20INO. The van der Waals surface area contributed by atoms with Gasteiger partial charge in [0.15, 0.2) is 0 Å². The van der Waals surface area contributed by atoms with Crippen molar-refractivity contribution in [1.82, 2.24) is 0 Å². The van der Waals surface area contributed by atoms with Crippen LogP contribution in [-0.4, -0.2) is 12.8 Å². The van der Waals surface area contributed by atoms with Crippen LogP contribution in [0.5, 0.6) is 5.75 Å². The smallest absolute Gasteiger partial charge is 0.119 e. The van der Waals surface area contributed by atoms with Gasteiger partial charge in [-0.1, -0.05) is 19.8 Å². The predicted octanol–water partition coefficient (Wildman–Crippen LogP) is 5.61. The Labute approximate surface area is 140 Å². The normalized spacial score (nSPS) is 11.0. The van der Waals surface area contributed by atoms with E-state index in [2.05, 4.69) is 46.6 Å². The molecule has 0 spiro atoms. The lowest BCUT2D eigenvalue weighted by atomic mass is 10.2. The zero-order valence-corrected chi connectivity index (χ0v) is 14.4. The molecule has 0 aliphatic rings. The van der Waals surface area contributed by atoms with Crippen LogP contribution in [0.3, 0.4) is 0 Å². The first-order chi connectivity index (χ1) is 10.3. The molecule has 0 saturated carbocycles. The van der Waals surface area contributed by atoms with Gasteiger partial charge in [-0.3, -0.25) is 4.99 Å². The molecule has 0 aliphatic carbocycles. The number of aliphatic imine (C=N–C) groups is 1. The SMILES string of the molecule is CCCCCOc1ccc(C=Nc2ccc(I)cc2)cc1. The highest BCUT2D eigenvalue weighted by Crippen LogP contribution is 2.15. The van der Waals surface area contributed by atoms with E-state index in [0.717, 1.165) is 30.0 Å². The summed E-state index contributed by atoms with van der Waals surface area (Å²) in [6.45, 7) is 2.99. The van der Waals surface area contributed by atoms with Crippen LogP contribution in [0, 0.1) is 3.57 Å². The molecule has 21 heavy (non-hydrogen) atoms. The number of nitrogens with zero attached hydrogens (tertiary/aromatic N) is 1. The Morgan fingerprint density at radius 2 is 1.71 bits per heavy atom. The van der Waals surface area contributed by atoms with Gasteiger partial charge in [0.05, 0.1) is 12.3 Å². The van der Waals surface area contributed by atoms with E-state index >= 15 is 0 Å². The Morgan fingerprint density at radius 1 is 1.00 bits per heavy atom. The Kier molecular flexibility index (Phi) is 6.73. The number of halogens is 1. The predicted molar refractivity (Wildman–Crippen MR) is 97.9 cm³/mol. The van der Waals surface area contributed by atoms with Crippen LogP contribution in [0.15, 0.2) is 53.5 Å². The molecule has 0 atom stereocenters. The molecule has 0 aromatic heterocycles. The van der Waals surface area contributed by atoms with Crippen molar-refractivity contribution in [2.24, 2.45) is 4.99 Å². The zero-order valence-electron chi connectivity index (χ0n) is 12.3. The van der Waals surface area contributed by atoms with Crippen molar-refractivity contribution >= 4 is 34.5 Å². The van der Waals surface area contributed by atoms with Gasteiger partial charge in [-0.2, -0.15) is 0 Å². The van der Waals surface area contributed by atoms with Gasteiger partial charge in [-0.25, -0.2) is 0 Å². The minimum absolute atomic E-state index is 0.796. The van der Waals surface area contributed by atoms with Crippen LogP contribution in [0.4, 0.5) is 5.69 Å². The van der Waals surface area contributed by atoms with E-state index in [0.29, 0.717) is 0 Å². The monoisotopic (exact) mass is 393 g/mol. The Morgan fingerprint density at radius 3 is 2.38 bits per heavy atom. The number of unbranched alkanes of at least 4 members (excludes halogenated alkanes) is 2. The fraction of sp³-hybridized carbons (Fsp3) is 0.278. The highest BCUT2D eigenvalue weighted by molar-refractivity contribution is 14.1. The molecule has 0 unspecified atom stereocenters. The van der Waals surface area contributed by atoms with Crippen LogP contribution in [0.2, 0.25) is 0 Å². The molecule has 0 amide bonds. The number of rotatable bonds is 7. The van der Waals surface area contributed by atoms with Crippen LogP contribution in [-0.2, 0) is 0 Å². The molecule has 0 saturated heterocycles. The second kappa shape index (κ2) is 8.82. The van der Waals surface area contributed by atoms with Gasteiger partial charge in [0.25, 0.3) is 0 Å². The molecule has 2 nitrogen and oxygen atoms in total. The Bertz CT molecular complexity index is 561. The van der Waals surface area contributed by atoms with Crippen molar-refractivity contribution in [2.45, 2.75) is 26.2 Å². The topological polar surface area (TPSA) is 21.6 Å². The lowest BCUT2D eigenvalue weighted by Crippen LogP contribution is -1.96. The summed E-state index contributed by atoms with van der Waals surface area (Å²) in [6.07, 6.45) is 5.44. The molecule has 0 aliphatic heterocycles. The average Bonchev–Trinajstić information content (AvgIpc) is 2.52. The van der Waals surface area contributed by atoms with E-state index in [1.54, 1.807) is 0 Å². The van der Waals surface area contributed by atoms with Gasteiger partial charge < -0.3 is 4.74 Å². The van der Waals surface area contributed by atoms with E-state index < -0.39 is 0 Å². The molecule has 3 heteroatoms. The van der Waals surface area contributed by atoms with Gasteiger partial charge in [-0.15, -0.1) is 0 Å². The van der Waals surface area contributed by atoms with E-state index in [1.807, 2.05) is 42.6 Å². The fourth-order valence-corrected chi connectivity index (χ4v) is 2.23. The highest BCUT2D eigenvalue weighted by atomic mass is 127. The molecule has 2 rings (SSSR count). The summed E-state index contributed by atoms with van der Waals surface area (Å²) in [4.78, 5) is 4.46. The summed E-state index contributed by atoms with van der Waals surface area (Å²) in [7, 11) is 0. The molecule has 0 N–H and O–H groups in total. The molecule has 0 radical (unpaired) electrons. The van der Waals surface area contributed by atoms with Crippen molar-refractivity contribution < 1.29 is 4.74 Å². The maximum atomic E-state index is 5.69. The van der Waals surface area contributed by atoms with Crippen molar-refractivity contribution in [3.63, 3.8) is 0 Å². The highest BCUT2D eigenvalue weighted by Gasteiger charge is 1.94. The van der Waals surface area contributed by atoms with Crippen LogP contribution < -0.4 is 4.74 Å². The first kappa shape index (κ1) is 16.0. The third-order valence-electron chi connectivity index (χ3n) is 3.09.